The van der Waals surface area contributed by atoms with Crippen molar-refractivity contribution in [1.29, 1.82) is 0 Å². The predicted octanol–water partition coefficient (Wildman–Crippen LogP) is 9.15. The molecule has 21 heteroatoms. The summed E-state index contributed by atoms with van der Waals surface area (Å²) in [6.07, 6.45) is 9.20. The van der Waals surface area contributed by atoms with E-state index in [4.69, 9.17) is 16.3 Å². The Morgan fingerprint density at radius 3 is 2.57 bits per heavy atom. The van der Waals surface area contributed by atoms with Gasteiger partial charge >= 0.3 is 0 Å². The van der Waals surface area contributed by atoms with E-state index in [-0.39, 0.29) is 59.5 Å². The smallest absolute Gasteiger partial charge is 0.293 e. The molecule has 4 amide bonds. The van der Waals surface area contributed by atoms with Gasteiger partial charge in [0.2, 0.25) is 11.8 Å². The van der Waals surface area contributed by atoms with Crippen LogP contribution >= 0.6 is 11.6 Å². The maximum Gasteiger partial charge on any atom is 0.293 e. The number of benzene rings is 4. The topological polar surface area (TPSA) is 233 Å². The second-order valence-electron chi connectivity index (χ2n) is 22.9. The van der Waals surface area contributed by atoms with E-state index < -0.39 is 43.4 Å². The number of aromatic nitrogens is 2. The minimum Gasteiger partial charge on any atom is -0.455 e. The number of piperidine rings is 2. The van der Waals surface area contributed by atoms with Crippen LogP contribution in [0.15, 0.2) is 114 Å². The van der Waals surface area contributed by atoms with Gasteiger partial charge in [-0.2, -0.15) is 0 Å². The Balaban J connectivity index is 0.724. The van der Waals surface area contributed by atoms with Gasteiger partial charge < -0.3 is 29.7 Å². The van der Waals surface area contributed by atoms with Crippen LogP contribution in [0, 0.1) is 33.3 Å². The number of nitrogens with one attached hydrogen (secondary N) is 4. The van der Waals surface area contributed by atoms with Crippen LogP contribution in [0.25, 0.3) is 16.6 Å². The lowest BCUT2D eigenvalue weighted by Gasteiger charge is -2.39. The van der Waals surface area contributed by atoms with Gasteiger partial charge in [0.15, 0.2) is 0 Å². The van der Waals surface area contributed by atoms with Crippen molar-refractivity contribution in [2.75, 3.05) is 69.1 Å². The summed E-state index contributed by atoms with van der Waals surface area (Å²) >= 11 is 6.27. The van der Waals surface area contributed by atoms with Crippen molar-refractivity contribution in [2.45, 2.75) is 82.7 Å². The third kappa shape index (κ3) is 12.9. The number of H-pyrrole nitrogens is 1. The van der Waals surface area contributed by atoms with E-state index in [2.05, 4.69) is 77.8 Å². The van der Waals surface area contributed by atoms with Crippen LogP contribution in [0.2, 0.25) is 5.02 Å². The lowest BCUT2D eigenvalue weighted by molar-refractivity contribution is -0.384. The van der Waals surface area contributed by atoms with Gasteiger partial charge in [-0.15, -0.1) is 0 Å². The van der Waals surface area contributed by atoms with E-state index in [1.165, 1.54) is 46.0 Å². The molecular formula is C62H65ClN10O9S. The average molecular weight is 1160 g/mol. The van der Waals surface area contributed by atoms with Crippen LogP contribution in [-0.2, 0) is 26.2 Å². The molecule has 2 unspecified atom stereocenters. The number of pyridine rings is 1. The molecule has 1 aliphatic carbocycles. The lowest BCUT2D eigenvalue weighted by atomic mass is 9.72. The van der Waals surface area contributed by atoms with Gasteiger partial charge in [-0.1, -0.05) is 61.1 Å². The number of carbonyl (C=O) groups excluding carboxylic acids is 4. The van der Waals surface area contributed by atoms with Crippen molar-refractivity contribution in [3.63, 3.8) is 0 Å². The second kappa shape index (κ2) is 24.0. The highest BCUT2D eigenvalue weighted by atomic mass is 35.5. The number of hydrogen-bond donors (Lipinski definition) is 4. The van der Waals surface area contributed by atoms with Crippen LogP contribution < -0.4 is 25.0 Å². The first-order valence-corrected chi connectivity index (χ1v) is 30.1. The molecule has 0 saturated carbocycles. The maximum atomic E-state index is 14.2. The van der Waals surface area contributed by atoms with E-state index in [0.29, 0.717) is 61.1 Å². The van der Waals surface area contributed by atoms with Gasteiger partial charge in [0.05, 0.1) is 21.6 Å². The molecule has 0 spiro atoms. The number of piperazine rings is 1. The molecule has 5 aliphatic rings. The van der Waals surface area contributed by atoms with Gasteiger partial charge in [-0.05, 0) is 134 Å². The minimum absolute atomic E-state index is 0.0643. The van der Waals surface area contributed by atoms with E-state index in [0.717, 1.165) is 86.6 Å². The van der Waals surface area contributed by atoms with E-state index in [9.17, 15) is 37.7 Å². The van der Waals surface area contributed by atoms with Gasteiger partial charge in [-0.3, -0.25) is 39.5 Å². The number of fused-ring (bicyclic) bond motifs is 2. The Bertz CT molecular complexity index is 3750. The third-order valence-corrected chi connectivity index (χ3v) is 18.2. The molecule has 83 heavy (non-hydrogen) atoms. The Hall–Kier alpha value is -8.09. The molecule has 3 saturated heterocycles. The number of sulfonamides is 1. The fourth-order valence-electron chi connectivity index (χ4n) is 12.0. The molecule has 11 rings (SSSR count). The number of halogens is 1. The van der Waals surface area contributed by atoms with Gasteiger partial charge in [0.1, 0.15) is 28.9 Å². The Labute approximate surface area is 487 Å². The van der Waals surface area contributed by atoms with Crippen molar-refractivity contribution in [3.8, 4) is 23.3 Å². The van der Waals surface area contributed by atoms with E-state index in [1.54, 1.807) is 36.5 Å². The monoisotopic (exact) mass is 1160 g/mol. The van der Waals surface area contributed by atoms with Crippen molar-refractivity contribution < 1.29 is 37.3 Å². The Morgan fingerprint density at radius 1 is 0.952 bits per heavy atom. The summed E-state index contributed by atoms with van der Waals surface area (Å²) in [5.74, 6) is 5.01. The Kier molecular flexibility index (Phi) is 16.4. The fourth-order valence-corrected chi connectivity index (χ4v) is 13.2. The summed E-state index contributed by atoms with van der Waals surface area (Å²) in [6.45, 7) is 11.4. The van der Waals surface area contributed by atoms with E-state index >= 15 is 0 Å². The molecule has 2 atom stereocenters. The van der Waals surface area contributed by atoms with Crippen LogP contribution in [-0.4, -0.2) is 127 Å². The number of imide groups is 1. The number of rotatable bonds is 16. The molecule has 0 radical (unpaired) electrons. The zero-order valence-corrected chi connectivity index (χ0v) is 47.9. The van der Waals surface area contributed by atoms with E-state index in [1.807, 2.05) is 24.3 Å². The van der Waals surface area contributed by atoms with Crippen LogP contribution in [0.4, 0.5) is 17.1 Å². The molecule has 6 aromatic rings. The summed E-state index contributed by atoms with van der Waals surface area (Å²) in [7, 11) is -4.65. The molecule has 4 aliphatic heterocycles. The first kappa shape index (κ1) is 56.8. The molecule has 6 heterocycles. The SMILES string of the molecule is CC1(C)CCC(CN2CCN(c3ccc(C(=O)NS(=O)(=O)c4ccc(NCC5CCCN(CCC#Cc6cccc7c6CN(C6CCC(=O)NC6=O)C7=O)C5)c([N+](=O)[O-])c4)c(Oc4cnc5[nH]ccc5c4)c3)CC2)=C(c2ccc(Cl)cc2)C1. The highest BCUT2D eigenvalue weighted by Gasteiger charge is 2.40. The normalized spacial score (nSPS) is 19.5. The fraction of sp³-hybridized carbons (Fsp3) is 0.371. The highest BCUT2D eigenvalue weighted by molar-refractivity contribution is 7.90. The molecule has 4 aromatic carbocycles. The number of nitro groups is 1. The zero-order chi connectivity index (χ0) is 58.0. The Morgan fingerprint density at radius 2 is 1.77 bits per heavy atom. The number of likely N-dealkylation sites (tertiary alicyclic amines) is 1. The lowest BCUT2D eigenvalue weighted by Crippen LogP contribution is -2.52. The summed E-state index contributed by atoms with van der Waals surface area (Å²) in [5, 5.41) is 19.5. The van der Waals surface area contributed by atoms with Gasteiger partial charge in [0, 0.05) is 117 Å². The summed E-state index contributed by atoms with van der Waals surface area (Å²) in [4.78, 5) is 79.2. The van der Waals surface area contributed by atoms with Crippen molar-refractivity contribution in [2.24, 2.45) is 11.3 Å². The number of nitrogens with zero attached hydrogens (tertiary/aromatic N) is 6. The second-order valence-corrected chi connectivity index (χ2v) is 25.0. The minimum atomic E-state index is -4.65. The number of amides is 4. The van der Waals surface area contributed by atoms with Crippen molar-refractivity contribution >= 4 is 78.9 Å². The third-order valence-electron chi connectivity index (χ3n) is 16.6. The number of carbonyl (C=O) groups is 4. The van der Waals surface area contributed by atoms with Gasteiger partial charge in [-0.25, -0.2) is 18.1 Å². The molecule has 430 valence electrons. The molecule has 3 fully saturated rings. The van der Waals surface area contributed by atoms with Crippen LogP contribution in [0.3, 0.4) is 0 Å². The van der Waals surface area contributed by atoms with Crippen molar-refractivity contribution in [3.05, 3.63) is 152 Å². The van der Waals surface area contributed by atoms with Crippen LogP contribution in [0.1, 0.15) is 103 Å². The molecular weight excluding hydrogens is 1100 g/mol. The number of aromatic amines is 1. The molecule has 2 aromatic heterocycles. The number of allylic oxidation sites excluding steroid dienone is 1. The first-order chi connectivity index (χ1) is 39.9. The highest BCUT2D eigenvalue weighted by Crippen LogP contribution is 2.44. The summed E-state index contributed by atoms with van der Waals surface area (Å²) in [5.41, 5.74) is 7.32. The largest absolute Gasteiger partial charge is 0.455 e. The van der Waals surface area contributed by atoms with Gasteiger partial charge in [0.25, 0.3) is 27.5 Å². The number of ether oxygens (including phenoxy) is 1. The van der Waals surface area contributed by atoms with Crippen LogP contribution in [0.5, 0.6) is 11.5 Å². The standard InChI is InChI=1S/C62H65ClN10O9S/c1-62(2)23-21-44(51(34-62)42-11-13-45(63)14-12-42)38-70-27-29-71(30-28-70)46-15-17-50(56(32-46)82-47-31-43-22-24-64-58(43)66-36-47)59(75)68-83(80,81)48-16-18-53(55(33-48)73(78)79)65-35-40-7-6-26-69(37-40)25-4-3-8-41-9-5-10-49-52(41)39-72(61(49)77)54-19-20-57(74)67-60(54)76/h5,9-18,22,24,31-33,36,40,54,65H,4,6-7,19-21,23,25-30,34-35,37-39H2,1-2H3,(H,64,66)(H,68,75)(H,67,74,76). The van der Waals surface area contributed by atoms with Crippen molar-refractivity contribution in [1.82, 2.24) is 34.7 Å². The zero-order valence-electron chi connectivity index (χ0n) is 46.3. The molecule has 0 bridgehead atoms. The maximum absolute atomic E-state index is 14.2. The predicted molar refractivity (Wildman–Crippen MR) is 317 cm³/mol. The summed E-state index contributed by atoms with van der Waals surface area (Å²) < 4.78 is 36.5. The quantitative estimate of drug-likeness (QED) is 0.0306. The number of anilines is 2. The molecule has 19 nitrogen and oxygen atoms in total. The molecule has 4 N–H and O–H groups in total. The number of hydrogen-bond acceptors (Lipinski definition) is 14. The number of nitro benzene ring substituents is 1. The first-order valence-electron chi connectivity index (χ1n) is 28.2. The summed E-state index contributed by atoms with van der Waals surface area (Å²) in [6, 6.07) is 25.0. The average Bonchev–Trinajstić information content (AvgIpc) is 2.96.